The Bertz CT molecular complexity index is 515. The zero-order valence-electron chi connectivity index (χ0n) is 13.1. The fourth-order valence-corrected chi connectivity index (χ4v) is 2.06. The molecule has 0 aliphatic heterocycles. The molecule has 1 aromatic carbocycles. The van der Waals surface area contributed by atoms with Crippen LogP contribution in [0.2, 0.25) is 0 Å². The Morgan fingerprint density at radius 1 is 1.24 bits per heavy atom. The molecule has 4 heteroatoms. The summed E-state index contributed by atoms with van der Waals surface area (Å²) in [6.07, 6.45) is 0.942. The number of carbonyl (C=O) groups excluding carboxylic acids is 1. The second kappa shape index (κ2) is 9.17. The number of aliphatic hydroxyl groups excluding tert-OH is 1. The van der Waals surface area contributed by atoms with Crippen LogP contribution in [0.4, 0.5) is 0 Å². The Labute approximate surface area is 127 Å². The molecule has 1 rings (SSSR count). The molecular formula is C17H24N2O2. The van der Waals surface area contributed by atoms with Crippen LogP contribution in [-0.4, -0.2) is 61.2 Å². The lowest BCUT2D eigenvalue weighted by molar-refractivity contribution is 0.0759. The van der Waals surface area contributed by atoms with Crippen molar-refractivity contribution < 1.29 is 9.90 Å². The maximum absolute atomic E-state index is 12.6. The van der Waals surface area contributed by atoms with Crippen LogP contribution in [0.25, 0.3) is 0 Å². The summed E-state index contributed by atoms with van der Waals surface area (Å²) in [5, 5.41) is 8.81. The van der Waals surface area contributed by atoms with Gasteiger partial charge in [0.1, 0.15) is 6.61 Å². The van der Waals surface area contributed by atoms with Gasteiger partial charge in [-0.25, -0.2) is 0 Å². The summed E-state index contributed by atoms with van der Waals surface area (Å²) in [6, 6.07) is 7.29. The zero-order valence-corrected chi connectivity index (χ0v) is 13.1. The van der Waals surface area contributed by atoms with Gasteiger partial charge in [0.25, 0.3) is 5.91 Å². The minimum absolute atomic E-state index is 0.000837. The molecule has 0 saturated heterocycles. The fourth-order valence-electron chi connectivity index (χ4n) is 2.06. The molecule has 0 aliphatic carbocycles. The molecule has 21 heavy (non-hydrogen) atoms. The maximum atomic E-state index is 12.6. The van der Waals surface area contributed by atoms with Gasteiger partial charge in [0.15, 0.2) is 0 Å². The smallest absolute Gasteiger partial charge is 0.255 e. The number of benzene rings is 1. The summed E-state index contributed by atoms with van der Waals surface area (Å²) in [4.78, 5) is 16.6. The van der Waals surface area contributed by atoms with E-state index in [2.05, 4.69) is 16.7 Å². The number of hydrogen-bond donors (Lipinski definition) is 1. The van der Waals surface area contributed by atoms with Crippen molar-refractivity contribution in [1.82, 2.24) is 9.80 Å². The van der Waals surface area contributed by atoms with E-state index in [1.54, 1.807) is 6.07 Å². The summed E-state index contributed by atoms with van der Waals surface area (Å²) in [5.74, 6) is 5.44. The van der Waals surface area contributed by atoms with E-state index in [0.29, 0.717) is 17.7 Å². The Morgan fingerprint density at radius 2 is 1.95 bits per heavy atom. The number of hydrogen-bond acceptors (Lipinski definition) is 3. The lowest BCUT2D eigenvalue weighted by Gasteiger charge is -2.22. The van der Waals surface area contributed by atoms with Gasteiger partial charge in [-0.1, -0.05) is 24.0 Å². The average molecular weight is 288 g/mol. The number of amides is 1. The second-order valence-electron chi connectivity index (χ2n) is 5.05. The van der Waals surface area contributed by atoms with Crippen molar-refractivity contribution in [2.24, 2.45) is 0 Å². The highest BCUT2D eigenvalue weighted by molar-refractivity contribution is 5.96. The Balaban J connectivity index is 2.85. The van der Waals surface area contributed by atoms with Crippen LogP contribution < -0.4 is 0 Å². The van der Waals surface area contributed by atoms with Gasteiger partial charge >= 0.3 is 0 Å². The molecule has 1 N–H and O–H groups in total. The standard InChI is InChI=1S/C17H24N2O2/c1-4-19(13-8-12-18(2)3)17(21)16-11-6-5-9-15(16)10-7-14-20/h5-6,9,11,20H,4,8,12-14H2,1-3H3. The Kier molecular flexibility index (Phi) is 7.52. The third-order valence-corrected chi connectivity index (χ3v) is 3.16. The number of carbonyl (C=O) groups is 1. The van der Waals surface area contributed by atoms with Gasteiger partial charge in [-0.05, 0) is 46.1 Å². The first kappa shape index (κ1) is 17.2. The maximum Gasteiger partial charge on any atom is 0.255 e. The summed E-state index contributed by atoms with van der Waals surface area (Å²) in [5.41, 5.74) is 1.27. The van der Waals surface area contributed by atoms with Crippen molar-refractivity contribution in [2.75, 3.05) is 40.3 Å². The molecule has 0 radical (unpaired) electrons. The minimum atomic E-state index is -0.206. The number of nitrogens with zero attached hydrogens (tertiary/aromatic N) is 2. The van der Waals surface area contributed by atoms with Crippen molar-refractivity contribution in [3.05, 3.63) is 35.4 Å². The molecule has 0 saturated carbocycles. The topological polar surface area (TPSA) is 43.8 Å². The largest absolute Gasteiger partial charge is 0.384 e. The molecule has 1 amide bonds. The first-order chi connectivity index (χ1) is 10.1. The van der Waals surface area contributed by atoms with Crippen molar-refractivity contribution in [2.45, 2.75) is 13.3 Å². The molecule has 0 heterocycles. The van der Waals surface area contributed by atoms with Gasteiger partial charge in [-0.2, -0.15) is 0 Å². The normalized spacial score (nSPS) is 10.1. The van der Waals surface area contributed by atoms with E-state index in [1.807, 2.05) is 44.1 Å². The number of aliphatic hydroxyl groups is 1. The Morgan fingerprint density at radius 3 is 2.57 bits per heavy atom. The summed E-state index contributed by atoms with van der Waals surface area (Å²) < 4.78 is 0. The van der Waals surface area contributed by atoms with Gasteiger partial charge in [-0.3, -0.25) is 4.79 Å². The zero-order chi connectivity index (χ0) is 15.7. The van der Waals surface area contributed by atoms with E-state index in [0.717, 1.165) is 19.5 Å². The summed E-state index contributed by atoms with van der Waals surface area (Å²) in [7, 11) is 4.05. The number of rotatable bonds is 6. The van der Waals surface area contributed by atoms with E-state index in [-0.39, 0.29) is 12.5 Å². The van der Waals surface area contributed by atoms with Gasteiger partial charge in [0, 0.05) is 18.7 Å². The van der Waals surface area contributed by atoms with Crippen molar-refractivity contribution in [3.63, 3.8) is 0 Å². The van der Waals surface area contributed by atoms with Crippen LogP contribution in [0, 0.1) is 11.8 Å². The van der Waals surface area contributed by atoms with E-state index in [1.165, 1.54) is 0 Å². The molecule has 4 nitrogen and oxygen atoms in total. The van der Waals surface area contributed by atoms with Crippen LogP contribution in [0.3, 0.4) is 0 Å². The van der Waals surface area contributed by atoms with E-state index in [4.69, 9.17) is 5.11 Å². The quantitative estimate of drug-likeness (QED) is 0.806. The van der Waals surface area contributed by atoms with Crippen LogP contribution in [0.5, 0.6) is 0 Å². The van der Waals surface area contributed by atoms with Gasteiger partial charge < -0.3 is 14.9 Å². The predicted molar refractivity (Wildman–Crippen MR) is 85.2 cm³/mol. The second-order valence-corrected chi connectivity index (χ2v) is 5.05. The molecule has 0 fully saturated rings. The monoisotopic (exact) mass is 288 g/mol. The summed E-state index contributed by atoms with van der Waals surface area (Å²) in [6.45, 7) is 4.14. The highest BCUT2D eigenvalue weighted by atomic mass is 16.2. The molecule has 114 valence electrons. The Hall–Kier alpha value is -1.83. The van der Waals surface area contributed by atoms with E-state index < -0.39 is 0 Å². The van der Waals surface area contributed by atoms with E-state index >= 15 is 0 Å². The van der Waals surface area contributed by atoms with Crippen LogP contribution in [0.1, 0.15) is 29.3 Å². The van der Waals surface area contributed by atoms with Crippen molar-refractivity contribution in [3.8, 4) is 11.8 Å². The third kappa shape index (κ3) is 5.58. The van der Waals surface area contributed by atoms with E-state index in [9.17, 15) is 4.79 Å². The lowest BCUT2D eigenvalue weighted by atomic mass is 10.1. The van der Waals surface area contributed by atoms with Crippen LogP contribution in [-0.2, 0) is 0 Å². The molecular weight excluding hydrogens is 264 g/mol. The van der Waals surface area contributed by atoms with Crippen LogP contribution in [0.15, 0.2) is 24.3 Å². The van der Waals surface area contributed by atoms with Crippen molar-refractivity contribution >= 4 is 5.91 Å². The predicted octanol–water partition coefficient (Wildman–Crippen LogP) is 1.44. The SMILES string of the molecule is CCN(CCCN(C)C)C(=O)c1ccccc1C#CCO. The third-order valence-electron chi connectivity index (χ3n) is 3.16. The average Bonchev–Trinajstić information content (AvgIpc) is 2.49. The van der Waals surface area contributed by atoms with Crippen LogP contribution >= 0.6 is 0 Å². The lowest BCUT2D eigenvalue weighted by Crippen LogP contribution is -2.33. The minimum Gasteiger partial charge on any atom is -0.384 e. The molecule has 0 bridgehead atoms. The first-order valence-corrected chi connectivity index (χ1v) is 7.23. The molecule has 0 atom stereocenters. The van der Waals surface area contributed by atoms with Gasteiger partial charge in [0.2, 0.25) is 0 Å². The molecule has 1 aromatic rings. The van der Waals surface area contributed by atoms with Gasteiger partial charge in [-0.15, -0.1) is 0 Å². The van der Waals surface area contributed by atoms with Gasteiger partial charge in [0.05, 0.1) is 5.56 Å². The first-order valence-electron chi connectivity index (χ1n) is 7.23. The molecule has 0 spiro atoms. The molecule has 0 unspecified atom stereocenters. The molecule has 0 aliphatic rings. The summed E-state index contributed by atoms with van der Waals surface area (Å²) >= 11 is 0. The fraction of sp³-hybridized carbons (Fsp3) is 0.471. The molecule has 0 aromatic heterocycles. The highest BCUT2D eigenvalue weighted by Crippen LogP contribution is 2.11. The highest BCUT2D eigenvalue weighted by Gasteiger charge is 2.16. The van der Waals surface area contributed by atoms with Crippen molar-refractivity contribution in [1.29, 1.82) is 0 Å².